The summed E-state index contributed by atoms with van der Waals surface area (Å²) in [4.78, 5) is 11.6. The van der Waals surface area contributed by atoms with Gasteiger partial charge < -0.3 is 14.8 Å². The molecule has 0 unspecified atom stereocenters. The molecule has 1 aromatic rings. The first kappa shape index (κ1) is 15.4. The van der Waals surface area contributed by atoms with E-state index in [1.807, 2.05) is 19.1 Å². The Labute approximate surface area is 118 Å². The summed E-state index contributed by atoms with van der Waals surface area (Å²) in [5.74, 6) is 1.60. The number of nitrogens with one attached hydrogen (secondary N) is 1. The Hall–Kier alpha value is -1.68. The molecule has 0 saturated carbocycles. The van der Waals surface area contributed by atoms with Gasteiger partial charge in [0.2, 0.25) is 5.91 Å². The number of carbonyl (C=O) groups is 1. The lowest BCUT2D eigenvalue weighted by molar-refractivity contribution is -0.116. The molecule has 0 radical (unpaired) electrons. The topological polar surface area (TPSA) is 47.6 Å². The fourth-order valence-corrected chi connectivity index (χ4v) is 1.71. The predicted molar refractivity (Wildman–Crippen MR) is 76.9 cm³/mol. The van der Waals surface area contributed by atoms with Crippen molar-refractivity contribution in [3.05, 3.63) is 29.8 Å². The fourth-order valence-electron chi connectivity index (χ4n) is 1.62. The first-order valence-corrected chi connectivity index (χ1v) is 6.40. The molecule has 104 valence electrons. The predicted octanol–water partition coefficient (Wildman–Crippen LogP) is 2.46. The number of methoxy groups -OCH3 is 2. The highest BCUT2D eigenvalue weighted by atomic mass is 35.5. The number of hydrogen-bond acceptors (Lipinski definition) is 3. The van der Waals surface area contributed by atoms with Crippen LogP contribution in [0.25, 0.3) is 5.57 Å². The number of rotatable bonds is 6. The van der Waals surface area contributed by atoms with Crippen LogP contribution in [0.2, 0.25) is 0 Å². The van der Waals surface area contributed by atoms with E-state index in [0.717, 1.165) is 11.1 Å². The molecule has 0 atom stereocenters. The zero-order chi connectivity index (χ0) is 14.3. The van der Waals surface area contributed by atoms with Gasteiger partial charge in [0.25, 0.3) is 0 Å². The summed E-state index contributed by atoms with van der Waals surface area (Å²) < 4.78 is 10.4. The Morgan fingerprint density at radius 1 is 1.37 bits per heavy atom. The van der Waals surface area contributed by atoms with Crippen molar-refractivity contribution in [2.75, 3.05) is 26.6 Å². The van der Waals surface area contributed by atoms with E-state index >= 15 is 0 Å². The van der Waals surface area contributed by atoms with Gasteiger partial charge in [0.15, 0.2) is 0 Å². The van der Waals surface area contributed by atoms with E-state index in [2.05, 4.69) is 5.32 Å². The summed E-state index contributed by atoms with van der Waals surface area (Å²) in [6.45, 7) is 2.30. The van der Waals surface area contributed by atoms with Gasteiger partial charge in [-0.05, 0) is 24.6 Å². The third-order valence-electron chi connectivity index (χ3n) is 2.57. The van der Waals surface area contributed by atoms with Crippen molar-refractivity contribution < 1.29 is 14.3 Å². The van der Waals surface area contributed by atoms with Crippen LogP contribution in [-0.4, -0.2) is 32.6 Å². The molecule has 0 saturated heterocycles. The van der Waals surface area contributed by atoms with Gasteiger partial charge in [0.05, 0.1) is 14.2 Å². The minimum Gasteiger partial charge on any atom is -0.497 e. The van der Waals surface area contributed by atoms with E-state index < -0.39 is 0 Å². The van der Waals surface area contributed by atoms with Gasteiger partial charge >= 0.3 is 0 Å². The maximum absolute atomic E-state index is 11.6. The van der Waals surface area contributed by atoms with Crippen molar-refractivity contribution in [2.24, 2.45) is 0 Å². The van der Waals surface area contributed by atoms with Crippen LogP contribution in [0.5, 0.6) is 11.5 Å². The van der Waals surface area contributed by atoms with Crippen LogP contribution < -0.4 is 14.8 Å². The molecular formula is C14H18ClNO3. The molecule has 1 rings (SSSR count). The first-order chi connectivity index (χ1) is 9.12. The molecule has 0 bridgehead atoms. The van der Waals surface area contributed by atoms with Crippen molar-refractivity contribution >= 4 is 23.1 Å². The number of allylic oxidation sites excluding steroid dienone is 1. The number of carbonyl (C=O) groups excluding carboxylic acids is 1. The summed E-state index contributed by atoms with van der Waals surface area (Å²) in [6, 6.07) is 5.47. The molecule has 0 aliphatic carbocycles. The molecule has 0 aliphatic rings. The van der Waals surface area contributed by atoms with E-state index in [-0.39, 0.29) is 5.91 Å². The second kappa shape index (κ2) is 7.69. The Kier molecular flexibility index (Phi) is 6.22. The maximum Gasteiger partial charge on any atom is 0.244 e. The highest BCUT2D eigenvalue weighted by molar-refractivity contribution is 6.18. The van der Waals surface area contributed by atoms with Gasteiger partial charge in [-0.1, -0.05) is 0 Å². The third kappa shape index (κ3) is 4.48. The lowest BCUT2D eigenvalue weighted by Gasteiger charge is -2.10. The molecule has 0 spiro atoms. The van der Waals surface area contributed by atoms with E-state index in [1.54, 1.807) is 20.3 Å². The van der Waals surface area contributed by atoms with Crippen LogP contribution in [0.3, 0.4) is 0 Å². The van der Waals surface area contributed by atoms with E-state index in [4.69, 9.17) is 21.1 Å². The van der Waals surface area contributed by atoms with Crippen LogP contribution in [0.4, 0.5) is 0 Å². The Morgan fingerprint density at radius 2 is 2.11 bits per heavy atom. The summed E-state index contributed by atoms with van der Waals surface area (Å²) >= 11 is 5.51. The quantitative estimate of drug-likeness (QED) is 0.644. The minimum atomic E-state index is -0.170. The van der Waals surface area contributed by atoms with E-state index in [9.17, 15) is 4.79 Å². The summed E-state index contributed by atoms with van der Waals surface area (Å²) in [7, 11) is 3.18. The van der Waals surface area contributed by atoms with Gasteiger partial charge in [-0.25, -0.2) is 0 Å². The number of ether oxygens (including phenoxy) is 2. The van der Waals surface area contributed by atoms with Crippen LogP contribution in [0, 0.1) is 0 Å². The molecular weight excluding hydrogens is 266 g/mol. The van der Waals surface area contributed by atoms with Crippen molar-refractivity contribution in [1.29, 1.82) is 0 Å². The molecule has 0 fully saturated rings. The van der Waals surface area contributed by atoms with Gasteiger partial charge in [0.1, 0.15) is 11.5 Å². The van der Waals surface area contributed by atoms with Crippen molar-refractivity contribution in [3.63, 3.8) is 0 Å². The summed E-state index contributed by atoms with van der Waals surface area (Å²) in [5, 5.41) is 2.68. The van der Waals surface area contributed by atoms with Crippen LogP contribution >= 0.6 is 11.6 Å². The third-order valence-corrected chi connectivity index (χ3v) is 2.76. The lowest BCUT2D eigenvalue weighted by atomic mass is 10.1. The van der Waals surface area contributed by atoms with E-state index in [1.165, 1.54) is 6.08 Å². The SMILES string of the molecule is COc1ccc(/C(C)=C/C(=O)NCCCl)c(OC)c1. The van der Waals surface area contributed by atoms with Crippen molar-refractivity contribution in [1.82, 2.24) is 5.32 Å². The number of halogens is 1. The Balaban J connectivity index is 2.95. The number of benzene rings is 1. The lowest BCUT2D eigenvalue weighted by Crippen LogP contribution is -2.23. The molecule has 1 amide bonds. The smallest absolute Gasteiger partial charge is 0.244 e. The van der Waals surface area contributed by atoms with Crippen LogP contribution in [0.15, 0.2) is 24.3 Å². The second-order valence-corrected chi connectivity index (χ2v) is 4.25. The molecule has 19 heavy (non-hydrogen) atoms. The molecule has 0 heterocycles. The van der Waals surface area contributed by atoms with Crippen molar-refractivity contribution in [3.8, 4) is 11.5 Å². The monoisotopic (exact) mass is 283 g/mol. The highest BCUT2D eigenvalue weighted by Gasteiger charge is 2.08. The first-order valence-electron chi connectivity index (χ1n) is 5.87. The Bertz CT molecular complexity index is 472. The van der Waals surface area contributed by atoms with Gasteiger partial charge in [-0.15, -0.1) is 11.6 Å². The average molecular weight is 284 g/mol. The second-order valence-electron chi connectivity index (χ2n) is 3.87. The zero-order valence-corrected chi connectivity index (χ0v) is 12.1. The highest BCUT2D eigenvalue weighted by Crippen LogP contribution is 2.29. The number of alkyl halides is 1. The average Bonchev–Trinajstić information content (AvgIpc) is 2.44. The van der Waals surface area contributed by atoms with Gasteiger partial charge in [0, 0.05) is 30.1 Å². The normalized spacial score (nSPS) is 11.1. The van der Waals surface area contributed by atoms with Crippen LogP contribution in [-0.2, 0) is 4.79 Å². The number of hydrogen-bond donors (Lipinski definition) is 1. The molecule has 0 aromatic heterocycles. The molecule has 0 aliphatic heterocycles. The van der Waals surface area contributed by atoms with Crippen LogP contribution in [0.1, 0.15) is 12.5 Å². The fraction of sp³-hybridized carbons (Fsp3) is 0.357. The number of amides is 1. The van der Waals surface area contributed by atoms with E-state index in [0.29, 0.717) is 23.9 Å². The van der Waals surface area contributed by atoms with Crippen molar-refractivity contribution in [2.45, 2.75) is 6.92 Å². The minimum absolute atomic E-state index is 0.170. The van der Waals surface area contributed by atoms with Gasteiger partial charge in [-0.2, -0.15) is 0 Å². The molecule has 1 aromatic carbocycles. The molecule has 5 heteroatoms. The summed E-state index contributed by atoms with van der Waals surface area (Å²) in [5.41, 5.74) is 1.66. The zero-order valence-electron chi connectivity index (χ0n) is 11.3. The standard InChI is InChI=1S/C14H18ClNO3/c1-10(8-14(17)16-7-6-15)12-5-4-11(18-2)9-13(12)19-3/h4-5,8-9H,6-7H2,1-3H3,(H,16,17)/b10-8+. The van der Waals surface area contributed by atoms with Gasteiger partial charge in [-0.3, -0.25) is 4.79 Å². The maximum atomic E-state index is 11.6. The molecule has 1 N–H and O–H groups in total. The largest absolute Gasteiger partial charge is 0.497 e. The Morgan fingerprint density at radius 3 is 2.68 bits per heavy atom. The summed E-state index contributed by atoms with van der Waals surface area (Å²) in [6.07, 6.45) is 1.52. The molecule has 4 nitrogen and oxygen atoms in total.